The Balaban J connectivity index is 1.77. The van der Waals surface area contributed by atoms with Crippen molar-refractivity contribution in [3.63, 3.8) is 0 Å². The maximum absolute atomic E-state index is 13.9. The van der Waals surface area contributed by atoms with Crippen molar-refractivity contribution in [2.24, 2.45) is 0 Å². The van der Waals surface area contributed by atoms with Crippen LogP contribution in [-0.2, 0) is 0 Å². The van der Waals surface area contributed by atoms with Gasteiger partial charge in [0.25, 0.3) is 5.43 Å². The summed E-state index contributed by atoms with van der Waals surface area (Å²) in [6.07, 6.45) is 0. The number of anilines is 3. The highest BCUT2D eigenvalue weighted by Crippen LogP contribution is 2.37. The van der Waals surface area contributed by atoms with Gasteiger partial charge < -0.3 is 10.0 Å². The maximum Gasteiger partial charge on any atom is 0.306 e. The first kappa shape index (κ1) is 23.3. The minimum absolute atomic E-state index is 0.0256. The van der Waals surface area contributed by atoms with Crippen LogP contribution in [0.1, 0.15) is 22.3 Å². The fourth-order valence-corrected chi connectivity index (χ4v) is 4.38. The minimum Gasteiger partial charge on any atom is -0.501 e. The maximum atomic E-state index is 13.9. The summed E-state index contributed by atoms with van der Waals surface area (Å²) in [5.74, 6) is -0.0256. The lowest BCUT2D eigenvalue weighted by molar-refractivity contribution is 0.458. The molecule has 0 heterocycles. The molecule has 0 saturated carbocycles. The Labute approximate surface area is 211 Å². The third-order valence-corrected chi connectivity index (χ3v) is 6.49. The molecule has 36 heavy (non-hydrogen) atoms. The molecule has 0 amide bonds. The van der Waals surface area contributed by atoms with E-state index in [0.29, 0.717) is 0 Å². The zero-order valence-electron chi connectivity index (χ0n) is 21.0. The first-order valence-electron chi connectivity index (χ1n) is 12.1. The molecule has 5 aromatic rings. The Hall–Kier alpha value is -4.44. The number of hydrogen-bond acceptors (Lipinski definition) is 3. The molecule has 0 saturated heterocycles. The van der Waals surface area contributed by atoms with Gasteiger partial charge in [-0.3, -0.25) is 4.79 Å². The van der Waals surface area contributed by atoms with E-state index in [4.69, 9.17) is 0 Å². The van der Waals surface area contributed by atoms with Crippen molar-refractivity contribution in [2.45, 2.75) is 27.7 Å². The van der Waals surface area contributed by atoms with Gasteiger partial charge in [0.2, 0.25) is 17.1 Å². The molecule has 0 spiro atoms. The summed E-state index contributed by atoms with van der Waals surface area (Å²) in [4.78, 5) is 15.7. The first-order chi connectivity index (χ1) is 17.3. The molecule has 4 nitrogen and oxygen atoms in total. The zero-order valence-corrected chi connectivity index (χ0v) is 21.0. The fraction of sp³-hybridized carbons (Fsp3) is 0.125. The fourth-order valence-electron chi connectivity index (χ4n) is 4.38. The van der Waals surface area contributed by atoms with Crippen LogP contribution in [0.15, 0.2) is 102 Å². The van der Waals surface area contributed by atoms with Crippen molar-refractivity contribution in [2.75, 3.05) is 4.90 Å². The molecule has 0 radical (unpaired) electrons. The standard InChI is InChI=1S/C32H28N2O2/c1-21-5-13-25(14-6-21)33(26-15-7-22(2)8-16-26)29-31(35)30(32(29)36)34(27-17-9-23(3)10-18-27)28-19-11-24(4)12-20-28/h5-20H,1-4H3/p+1. The summed E-state index contributed by atoms with van der Waals surface area (Å²) >= 11 is 0. The third-order valence-electron chi connectivity index (χ3n) is 6.49. The molecule has 0 fully saturated rings. The van der Waals surface area contributed by atoms with Crippen molar-refractivity contribution in [1.82, 2.24) is 4.58 Å². The second-order valence-electron chi connectivity index (χ2n) is 9.39. The molecule has 0 aliphatic rings. The minimum atomic E-state index is -0.213. The number of benzene rings is 4. The Morgan fingerprint density at radius 2 is 0.889 bits per heavy atom. The summed E-state index contributed by atoms with van der Waals surface area (Å²) in [7, 11) is 0. The highest BCUT2D eigenvalue weighted by molar-refractivity contribution is 5.82. The SMILES string of the molecule is Cc1ccc(N(c2ccc(C)cc2)c2c(O)c(=[N+](c3ccc(C)cc3)c3ccc(C)cc3)c2=O)cc1. The summed E-state index contributed by atoms with van der Waals surface area (Å²) in [6, 6.07) is 31.8. The highest BCUT2D eigenvalue weighted by Gasteiger charge is 2.33. The van der Waals surface area contributed by atoms with Gasteiger partial charge in [0.1, 0.15) is 0 Å². The highest BCUT2D eigenvalue weighted by atomic mass is 16.3. The van der Waals surface area contributed by atoms with E-state index in [2.05, 4.69) is 0 Å². The predicted molar refractivity (Wildman–Crippen MR) is 148 cm³/mol. The number of hydrogen-bond donors (Lipinski definition) is 1. The van der Waals surface area contributed by atoms with Gasteiger partial charge in [-0.25, -0.2) is 0 Å². The van der Waals surface area contributed by atoms with Gasteiger partial charge in [-0.05, 0) is 52.0 Å². The van der Waals surface area contributed by atoms with Gasteiger partial charge in [-0.15, -0.1) is 4.58 Å². The second-order valence-corrected chi connectivity index (χ2v) is 9.39. The van der Waals surface area contributed by atoms with Crippen LogP contribution < -0.4 is 20.3 Å². The smallest absolute Gasteiger partial charge is 0.306 e. The molecular formula is C32H29N2O2+. The van der Waals surface area contributed by atoms with Crippen LogP contribution in [0.4, 0.5) is 28.4 Å². The molecule has 0 aromatic heterocycles. The van der Waals surface area contributed by atoms with E-state index in [9.17, 15) is 9.90 Å². The van der Waals surface area contributed by atoms with Gasteiger partial charge in [-0.1, -0.05) is 70.8 Å². The molecule has 0 atom stereocenters. The molecular weight excluding hydrogens is 444 g/mol. The van der Waals surface area contributed by atoms with E-state index in [1.54, 1.807) is 0 Å². The summed E-state index contributed by atoms with van der Waals surface area (Å²) in [6.45, 7) is 8.10. The number of nitrogens with zero attached hydrogens (tertiary/aromatic N) is 2. The van der Waals surface area contributed by atoms with Crippen LogP contribution in [0, 0.1) is 27.7 Å². The molecule has 178 valence electrons. The molecule has 0 unspecified atom stereocenters. The van der Waals surface area contributed by atoms with Crippen molar-refractivity contribution in [3.05, 3.63) is 135 Å². The Bertz CT molecular complexity index is 1510. The molecule has 0 aliphatic heterocycles. The molecule has 0 aliphatic carbocycles. The number of aryl methyl sites for hydroxylation is 4. The number of rotatable bonds is 5. The van der Waals surface area contributed by atoms with Crippen LogP contribution in [0.25, 0.3) is 0 Å². The Morgan fingerprint density at radius 1 is 0.556 bits per heavy atom. The van der Waals surface area contributed by atoms with E-state index in [1.165, 1.54) is 0 Å². The third kappa shape index (κ3) is 4.22. The van der Waals surface area contributed by atoms with Crippen LogP contribution in [0.2, 0.25) is 0 Å². The van der Waals surface area contributed by atoms with Crippen molar-refractivity contribution >= 4 is 28.4 Å². The molecule has 0 bridgehead atoms. The Morgan fingerprint density at radius 3 is 1.22 bits per heavy atom. The Kier molecular flexibility index (Phi) is 6.03. The topological polar surface area (TPSA) is 43.5 Å². The lowest BCUT2D eigenvalue weighted by Gasteiger charge is -2.26. The monoisotopic (exact) mass is 473 g/mol. The van der Waals surface area contributed by atoms with Crippen LogP contribution >= 0.6 is 0 Å². The van der Waals surface area contributed by atoms with Crippen molar-refractivity contribution in [1.29, 1.82) is 0 Å². The van der Waals surface area contributed by atoms with Gasteiger partial charge in [-0.2, -0.15) is 0 Å². The molecule has 4 heteroatoms. The number of aromatic hydroxyl groups is 1. The van der Waals surface area contributed by atoms with Gasteiger partial charge in [0, 0.05) is 35.6 Å². The average molecular weight is 474 g/mol. The van der Waals surface area contributed by atoms with E-state index < -0.39 is 0 Å². The van der Waals surface area contributed by atoms with E-state index in [1.807, 2.05) is 134 Å². The van der Waals surface area contributed by atoms with Crippen LogP contribution in [-0.4, -0.2) is 5.11 Å². The summed E-state index contributed by atoms with van der Waals surface area (Å²) < 4.78 is 1.84. The first-order valence-corrected chi connectivity index (χ1v) is 12.1. The van der Waals surface area contributed by atoms with Gasteiger partial charge in [0.15, 0.2) is 5.69 Å². The molecule has 5 rings (SSSR count). The van der Waals surface area contributed by atoms with Crippen LogP contribution in [0.5, 0.6) is 5.75 Å². The van der Waals surface area contributed by atoms with Crippen molar-refractivity contribution in [3.8, 4) is 5.75 Å². The zero-order chi connectivity index (χ0) is 25.4. The second kappa shape index (κ2) is 9.31. The average Bonchev–Trinajstić information content (AvgIpc) is 2.88. The van der Waals surface area contributed by atoms with Crippen molar-refractivity contribution < 1.29 is 5.11 Å². The van der Waals surface area contributed by atoms with Gasteiger partial charge in [0.05, 0.1) is 0 Å². The normalized spacial score (nSPS) is 11.0. The quantitative estimate of drug-likeness (QED) is 0.287. The van der Waals surface area contributed by atoms with Gasteiger partial charge >= 0.3 is 5.36 Å². The summed E-state index contributed by atoms with van der Waals surface area (Å²) in [5, 5.41) is 11.7. The van der Waals surface area contributed by atoms with E-state index in [0.717, 1.165) is 45.0 Å². The largest absolute Gasteiger partial charge is 0.501 e. The molecule has 5 aromatic carbocycles. The van der Waals surface area contributed by atoms with E-state index in [-0.39, 0.29) is 22.2 Å². The van der Waals surface area contributed by atoms with E-state index >= 15 is 0 Å². The lowest BCUT2D eigenvalue weighted by Crippen LogP contribution is -2.43. The summed E-state index contributed by atoms with van der Waals surface area (Å²) in [5.41, 5.74) is 7.81. The predicted octanol–water partition coefficient (Wildman–Crippen LogP) is 6.77. The molecule has 1 N–H and O–H groups in total. The van der Waals surface area contributed by atoms with Crippen LogP contribution in [0.3, 0.4) is 0 Å². The lowest BCUT2D eigenvalue weighted by atomic mass is 10.1.